The van der Waals surface area contributed by atoms with Gasteiger partial charge in [-0.05, 0) is 25.0 Å². The fourth-order valence-corrected chi connectivity index (χ4v) is 2.85. The van der Waals surface area contributed by atoms with E-state index in [9.17, 15) is 9.59 Å². The summed E-state index contributed by atoms with van der Waals surface area (Å²) in [7, 11) is 0. The number of nitrogens with one attached hydrogen (secondary N) is 3. The van der Waals surface area contributed by atoms with Crippen molar-refractivity contribution in [3.8, 4) is 0 Å². The smallest absolute Gasteiger partial charge is 0.251 e. The van der Waals surface area contributed by atoms with E-state index in [2.05, 4.69) is 20.9 Å². The van der Waals surface area contributed by atoms with Crippen LogP contribution in [0.4, 0.5) is 0 Å². The summed E-state index contributed by atoms with van der Waals surface area (Å²) in [6.07, 6.45) is 0. The van der Waals surface area contributed by atoms with E-state index in [-0.39, 0.29) is 30.1 Å². The van der Waals surface area contributed by atoms with Gasteiger partial charge >= 0.3 is 0 Å². The van der Waals surface area contributed by atoms with E-state index >= 15 is 0 Å². The molecule has 0 spiro atoms. The average Bonchev–Trinajstić information content (AvgIpc) is 2.60. The van der Waals surface area contributed by atoms with Crippen LogP contribution in [0.15, 0.2) is 24.3 Å². The number of aryl methyl sites for hydroxylation is 1. The molecule has 146 valence electrons. The quantitative estimate of drug-likeness (QED) is 0.662. The molecule has 26 heavy (non-hydrogen) atoms. The van der Waals surface area contributed by atoms with Gasteiger partial charge in [-0.3, -0.25) is 14.5 Å². The summed E-state index contributed by atoms with van der Waals surface area (Å²) in [5.74, 6) is -0.310. The van der Waals surface area contributed by atoms with Gasteiger partial charge < -0.3 is 16.0 Å². The van der Waals surface area contributed by atoms with Crippen LogP contribution in [0.5, 0.6) is 0 Å². The van der Waals surface area contributed by atoms with Crippen molar-refractivity contribution < 1.29 is 9.59 Å². The molecule has 2 amide bonds. The van der Waals surface area contributed by atoms with Gasteiger partial charge in [0.25, 0.3) is 5.91 Å². The number of carbonyl (C=O) groups excluding carboxylic acids is 2. The van der Waals surface area contributed by atoms with E-state index in [1.165, 1.54) is 0 Å². The van der Waals surface area contributed by atoms with Crippen LogP contribution in [-0.2, 0) is 4.79 Å². The molecule has 1 heterocycles. The number of hydrogen-bond donors (Lipinski definition) is 3. The monoisotopic (exact) mass is 382 g/mol. The highest BCUT2D eigenvalue weighted by atomic mass is 35.5. The Balaban J connectivity index is 0.00000338. The fourth-order valence-electron chi connectivity index (χ4n) is 2.85. The molecule has 0 aromatic heterocycles. The second-order valence-electron chi connectivity index (χ2n) is 6.94. The predicted octanol–water partition coefficient (Wildman–Crippen LogP) is 1.19. The van der Waals surface area contributed by atoms with Crippen LogP contribution in [-0.4, -0.2) is 62.0 Å². The lowest BCUT2D eigenvalue weighted by molar-refractivity contribution is -0.124. The molecule has 2 rings (SSSR count). The maximum absolute atomic E-state index is 12.5. The van der Waals surface area contributed by atoms with Crippen molar-refractivity contribution >= 4 is 24.2 Å². The minimum absolute atomic E-state index is 0. The highest BCUT2D eigenvalue weighted by Gasteiger charge is 2.24. The first-order valence-corrected chi connectivity index (χ1v) is 9.05. The molecule has 1 aliphatic rings. The second kappa shape index (κ2) is 11.2. The number of hydrogen-bond acceptors (Lipinski definition) is 4. The zero-order chi connectivity index (χ0) is 18.2. The van der Waals surface area contributed by atoms with Crippen molar-refractivity contribution in [2.75, 3.05) is 39.3 Å². The molecule has 1 fully saturated rings. The molecule has 1 aliphatic heterocycles. The third-order valence-electron chi connectivity index (χ3n) is 4.49. The number of piperazine rings is 1. The number of nitrogens with zero attached hydrogens (tertiary/aromatic N) is 1. The van der Waals surface area contributed by atoms with E-state index in [4.69, 9.17) is 0 Å². The van der Waals surface area contributed by atoms with Crippen molar-refractivity contribution in [3.05, 3.63) is 35.4 Å². The first kappa shape index (κ1) is 22.4. The van der Waals surface area contributed by atoms with Crippen LogP contribution >= 0.6 is 12.4 Å². The van der Waals surface area contributed by atoms with Crippen LogP contribution in [0.1, 0.15) is 29.8 Å². The Labute approximate surface area is 162 Å². The predicted molar refractivity (Wildman–Crippen MR) is 107 cm³/mol. The molecular weight excluding hydrogens is 352 g/mol. The lowest BCUT2D eigenvalue weighted by atomic mass is 10.0. The van der Waals surface area contributed by atoms with Crippen LogP contribution < -0.4 is 16.0 Å². The third-order valence-corrected chi connectivity index (χ3v) is 4.49. The van der Waals surface area contributed by atoms with Crippen molar-refractivity contribution in [1.82, 2.24) is 20.9 Å². The van der Waals surface area contributed by atoms with Gasteiger partial charge in [-0.15, -0.1) is 12.4 Å². The normalized spacial score (nSPS) is 15.8. The Morgan fingerprint density at radius 3 is 2.35 bits per heavy atom. The summed E-state index contributed by atoms with van der Waals surface area (Å²) in [5, 5.41) is 9.14. The summed E-state index contributed by atoms with van der Waals surface area (Å²) in [6.45, 7) is 11.3. The molecule has 1 aromatic rings. The van der Waals surface area contributed by atoms with Gasteiger partial charge in [-0.2, -0.15) is 0 Å². The van der Waals surface area contributed by atoms with E-state index in [1.807, 2.05) is 32.9 Å². The molecule has 1 unspecified atom stereocenters. The van der Waals surface area contributed by atoms with Gasteiger partial charge in [0, 0.05) is 44.8 Å². The first-order valence-electron chi connectivity index (χ1n) is 9.05. The maximum Gasteiger partial charge on any atom is 0.251 e. The SMILES string of the molecule is Cc1ccc(C(=O)NC(C(=O)NCCN2CCNCC2)C(C)C)cc1.Cl. The summed E-state index contributed by atoms with van der Waals surface area (Å²) in [6, 6.07) is 6.82. The number of carbonyl (C=O) groups is 2. The Kier molecular flexibility index (Phi) is 9.62. The summed E-state index contributed by atoms with van der Waals surface area (Å²) in [5.41, 5.74) is 1.67. The lowest BCUT2D eigenvalue weighted by Crippen LogP contribution is -2.52. The van der Waals surface area contributed by atoms with Crippen LogP contribution in [0.3, 0.4) is 0 Å². The molecular formula is C19H31ClN4O2. The zero-order valence-electron chi connectivity index (χ0n) is 15.9. The molecule has 1 aromatic carbocycles. The first-order chi connectivity index (χ1) is 12.0. The number of amides is 2. The molecule has 1 atom stereocenters. The minimum atomic E-state index is -0.531. The van der Waals surface area contributed by atoms with Crippen molar-refractivity contribution in [3.63, 3.8) is 0 Å². The standard InChI is InChI=1S/C19H30N4O2.ClH/c1-14(2)17(22-18(24)16-6-4-15(3)5-7-16)19(25)21-10-13-23-11-8-20-9-12-23;/h4-7,14,17,20H,8-13H2,1-3H3,(H,21,25)(H,22,24);1H. The van der Waals surface area contributed by atoms with E-state index in [0.717, 1.165) is 38.3 Å². The van der Waals surface area contributed by atoms with Crippen LogP contribution in [0, 0.1) is 12.8 Å². The van der Waals surface area contributed by atoms with Crippen molar-refractivity contribution in [2.24, 2.45) is 5.92 Å². The Morgan fingerprint density at radius 2 is 1.77 bits per heavy atom. The number of benzene rings is 1. The van der Waals surface area contributed by atoms with Gasteiger partial charge in [-0.25, -0.2) is 0 Å². The topological polar surface area (TPSA) is 73.5 Å². The van der Waals surface area contributed by atoms with E-state index in [0.29, 0.717) is 12.1 Å². The minimum Gasteiger partial charge on any atom is -0.353 e. The van der Waals surface area contributed by atoms with E-state index in [1.54, 1.807) is 12.1 Å². The fraction of sp³-hybridized carbons (Fsp3) is 0.579. The van der Waals surface area contributed by atoms with Gasteiger partial charge in [-0.1, -0.05) is 31.5 Å². The Morgan fingerprint density at radius 1 is 1.15 bits per heavy atom. The highest BCUT2D eigenvalue weighted by Crippen LogP contribution is 2.07. The zero-order valence-corrected chi connectivity index (χ0v) is 16.7. The average molecular weight is 383 g/mol. The van der Waals surface area contributed by atoms with Gasteiger partial charge in [0.2, 0.25) is 5.91 Å². The van der Waals surface area contributed by atoms with Gasteiger partial charge in [0.05, 0.1) is 0 Å². The molecule has 7 heteroatoms. The van der Waals surface area contributed by atoms with Gasteiger partial charge in [0.15, 0.2) is 0 Å². The maximum atomic E-state index is 12.5. The van der Waals surface area contributed by atoms with Crippen LogP contribution in [0.2, 0.25) is 0 Å². The third kappa shape index (κ3) is 6.94. The Bertz CT molecular complexity index is 571. The number of rotatable bonds is 7. The van der Waals surface area contributed by atoms with Gasteiger partial charge in [0.1, 0.15) is 6.04 Å². The number of halogens is 1. The summed E-state index contributed by atoms with van der Waals surface area (Å²) >= 11 is 0. The molecule has 6 nitrogen and oxygen atoms in total. The van der Waals surface area contributed by atoms with Crippen LogP contribution in [0.25, 0.3) is 0 Å². The molecule has 0 saturated carbocycles. The molecule has 3 N–H and O–H groups in total. The molecule has 1 saturated heterocycles. The van der Waals surface area contributed by atoms with Crippen molar-refractivity contribution in [1.29, 1.82) is 0 Å². The Hall–Kier alpha value is -1.63. The molecule has 0 aliphatic carbocycles. The van der Waals surface area contributed by atoms with Crippen molar-refractivity contribution in [2.45, 2.75) is 26.8 Å². The highest BCUT2D eigenvalue weighted by molar-refractivity contribution is 5.97. The molecule has 0 bridgehead atoms. The lowest BCUT2D eigenvalue weighted by Gasteiger charge is -2.28. The summed E-state index contributed by atoms with van der Waals surface area (Å²) < 4.78 is 0. The van der Waals surface area contributed by atoms with E-state index < -0.39 is 6.04 Å². The second-order valence-corrected chi connectivity index (χ2v) is 6.94. The summed E-state index contributed by atoms with van der Waals surface area (Å²) in [4.78, 5) is 27.2. The molecule has 0 radical (unpaired) electrons. The largest absolute Gasteiger partial charge is 0.353 e.